The molecule has 0 fully saturated rings. The zero-order valence-corrected chi connectivity index (χ0v) is 6.74. The van der Waals surface area contributed by atoms with Crippen LogP contribution in [0, 0.1) is 11.3 Å². The van der Waals surface area contributed by atoms with Crippen LogP contribution in [0.1, 0.15) is 16.1 Å². The van der Waals surface area contributed by atoms with E-state index in [0.29, 0.717) is 11.3 Å². The van der Waals surface area contributed by atoms with Crippen LogP contribution in [0.5, 0.6) is 0 Å². The predicted octanol–water partition coefficient (Wildman–Crippen LogP) is 1.85. The molecule has 62 valence electrons. The molecule has 1 aromatic heterocycles. The highest BCUT2D eigenvalue weighted by Crippen LogP contribution is 2.17. The second-order valence-corrected chi connectivity index (χ2v) is 2.72. The molecule has 0 aliphatic carbocycles. The Bertz CT molecular complexity index is 505. The van der Waals surface area contributed by atoms with Crippen LogP contribution in [0.3, 0.4) is 0 Å². The number of para-hydroxylation sites is 1. The Balaban J connectivity index is 2.83. The molecular weight excluding hydrogens is 164 g/mol. The van der Waals surface area contributed by atoms with Crippen LogP contribution < -0.4 is 0 Å². The van der Waals surface area contributed by atoms with Crippen molar-refractivity contribution in [3.05, 3.63) is 35.5 Å². The summed E-state index contributed by atoms with van der Waals surface area (Å²) in [5.74, 6) is 0. The molecule has 0 atom stereocenters. The van der Waals surface area contributed by atoms with E-state index in [2.05, 4.69) is 4.98 Å². The predicted molar refractivity (Wildman–Crippen MR) is 48.4 cm³/mol. The van der Waals surface area contributed by atoms with Gasteiger partial charge in [-0.2, -0.15) is 5.26 Å². The molecule has 0 aliphatic heterocycles. The van der Waals surface area contributed by atoms with E-state index in [1.807, 2.05) is 12.1 Å². The highest BCUT2D eigenvalue weighted by atomic mass is 16.1. The van der Waals surface area contributed by atoms with Crippen molar-refractivity contribution in [3.8, 4) is 6.07 Å². The lowest BCUT2D eigenvalue weighted by Crippen LogP contribution is -1.81. The van der Waals surface area contributed by atoms with Gasteiger partial charge in [-0.1, -0.05) is 12.1 Å². The number of carbonyl (C=O) groups excluding carboxylic acids is 1. The lowest BCUT2D eigenvalue weighted by atomic mass is 10.2. The molecule has 1 heterocycles. The minimum atomic E-state index is 0.476. The van der Waals surface area contributed by atoms with Crippen LogP contribution in [-0.2, 0) is 0 Å². The lowest BCUT2D eigenvalue weighted by Gasteiger charge is -1.91. The number of carbonyl (C=O) groups is 1. The molecule has 3 nitrogen and oxygen atoms in total. The van der Waals surface area contributed by atoms with Gasteiger partial charge in [-0.15, -0.1) is 0 Å². The first-order chi connectivity index (χ1) is 6.35. The fourth-order valence-electron chi connectivity index (χ4n) is 1.34. The van der Waals surface area contributed by atoms with E-state index < -0.39 is 0 Å². The molecule has 0 aliphatic rings. The number of nitriles is 1. The Morgan fingerprint density at radius 1 is 1.46 bits per heavy atom. The Morgan fingerprint density at radius 2 is 2.31 bits per heavy atom. The molecule has 1 N–H and O–H groups in total. The van der Waals surface area contributed by atoms with Gasteiger partial charge in [0.05, 0.1) is 5.52 Å². The molecule has 0 unspecified atom stereocenters. The SMILES string of the molecule is N#Cc1cc2cccc(C=O)c2[nH]1. The lowest BCUT2D eigenvalue weighted by molar-refractivity contribution is 0.112. The summed E-state index contributed by atoms with van der Waals surface area (Å²) in [7, 11) is 0. The standard InChI is InChI=1S/C10H6N2O/c11-5-9-4-7-2-1-3-8(6-13)10(7)12-9/h1-4,6,12H. The van der Waals surface area contributed by atoms with Gasteiger partial charge in [0, 0.05) is 10.9 Å². The first-order valence-corrected chi connectivity index (χ1v) is 3.82. The number of aromatic amines is 1. The first kappa shape index (κ1) is 7.56. The summed E-state index contributed by atoms with van der Waals surface area (Å²) in [6.45, 7) is 0. The molecule has 2 rings (SSSR count). The van der Waals surface area contributed by atoms with Crippen LogP contribution >= 0.6 is 0 Å². The highest BCUT2D eigenvalue weighted by Gasteiger charge is 2.03. The van der Waals surface area contributed by atoms with Crippen LogP contribution in [-0.4, -0.2) is 11.3 Å². The third-order valence-corrected chi connectivity index (χ3v) is 1.94. The third-order valence-electron chi connectivity index (χ3n) is 1.94. The fourth-order valence-corrected chi connectivity index (χ4v) is 1.34. The van der Waals surface area contributed by atoms with Crippen LogP contribution in [0.15, 0.2) is 24.3 Å². The van der Waals surface area contributed by atoms with E-state index in [1.165, 1.54) is 0 Å². The molecule has 0 saturated carbocycles. The Morgan fingerprint density at radius 3 is 3.00 bits per heavy atom. The van der Waals surface area contributed by atoms with Gasteiger partial charge in [0.25, 0.3) is 0 Å². The second kappa shape index (κ2) is 2.76. The highest BCUT2D eigenvalue weighted by molar-refractivity contribution is 5.96. The van der Waals surface area contributed by atoms with Crippen molar-refractivity contribution in [2.24, 2.45) is 0 Å². The molecule has 13 heavy (non-hydrogen) atoms. The van der Waals surface area contributed by atoms with E-state index in [9.17, 15) is 4.79 Å². The molecule has 2 aromatic rings. The van der Waals surface area contributed by atoms with Crippen molar-refractivity contribution < 1.29 is 4.79 Å². The van der Waals surface area contributed by atoms with Crippen molar-refractivity contribution in [1.82, 2.24) is 4.98 Å². The molecule has 0 amide bonds. The Kier molecular flexibility index (Phi) is 1.60. The van der Waals surface area contributed by atoms with Crippen molar-refractivity contribution in [3.63, 3.8) is 0 Å². The van der Waals surface area contributed by atoms with Crippen LogP contribution in [0.25, 0.3) is 10.9 Å². The molecule has 3 heteroatoms. The minimum Gasteiger partial charge on any atom is -0.346 e. The van der Waals surface area contributed by atoms with E-state index in [1.54, 1.807) is 18.2 Å². The number of aromatic nitrogens is 1. The average molecular weight is 170 g/mol. The number of H-pyrrole nitrogens is 1. The van der Waals surface area contributed by atoms with Gasteiger partial charge in [0.2, 0.25) is 0 Å². The van der Waals surface area contributed by atoms with Crippen molar-refractivity contribution in [1.29, 1.82) is 5.26 Å². The first-order valence-electron chi connectivity index (χ1n) is 3.82. The van der Waals surface area contributed by atoms with Gasteiger partial charge in [0.1, 0.15) is 11.8 Å². The maximum Gasteiger partial charge on any atom is 0.152 e. The molecule has 0 radical (unpaired) electrons. The summed E-state index contributed by atoms with van der Waals surface area (Å²) in [4.78, 5) is 13.5. The zero-order valence-electron chi connectivity index (χ0n) is 6.74. The van der Waals surface area contributed by atoms with E-state index in [-0.39, 0.29) is 0 Å². The van der Waals surface area contributed by atoms with Crippen molar-refractivity contribution in [2.45, 2.75) is 0 Å². The number of hydrogen-bond acceptors (Lipinski definition) is 2. The van der Waals surface area contributed by atoms with Crippen molar-refractivity contribution >= 4 is 17.2 Å². The molecule has 0 bridgehead atoms. The topological polar surface area (TPSA) is 56.6 Å². The van der Waals surface area contributed by atoms with Crippen LogP contribution in [0.2, 0.25) is 0 Å². The summed E-state index contributed by atoms with van der Waals surface area (Å²) in [5, 5.41) is 9.52. The van der Waals surface area contributed by atoms with Gasteiger partial charge in [0.15, 0.2) is 6.29 Å². The molecule has 0 spiro atoms. The average Bonchev–Trinajstić information content (AvgIpc) is 2.59. The largest absolute Gasteiger partial charge is 0.346 e. The summed E-state index contributed by atoms with van der Waals surface area (Å²) in [6, 6.07) is 9.09. The summed E-state index contributed by atoms with van der Waals surface area (Å²) in [6.07, 6.45) is 0.778. The number of hydrogen-bond donors (Lipinski definition) is 1. The second-order valence-electron chi connectivity index (χ2n) is 2.72. The maximum atomic E-state index is 10.6. The summed E-state index contributed by atoms with van der Waals surface area (Å²) >= 11 is 0. The van der Waals surface area contributed by atoms with Gasteiger partial charge in [-0.3, -0.25) is 4.79 Å². The number of nitrogens with one attached hydrogen (secondary N) is 1. The van der Waals surface area contributed by atoms with Gasteiger partial charge >= 0.3 is 0 Å². The number of nitrogens with zero attached hydrogens (tertiary/aromatic N) is 1. The van der Waals surface area contributed by atoms with Crippen molar-refractivity contribution in [2.75, 3.05) is 0 Å². The summed E-state index contributed by atoms with van der Waals surface area (Å²) in [5.41, 5.74) is 1.79. The smallest absolute Gasteiger partial charge is 0.152 e. The quantitative estimate of drug-likeness (QED) is 0.664. The molecule has 1 aromatic carbocycles. The monoisotopic (exact) mass is 170 g/mol. The van der Waals surface area contributed by atoms with Crippen LogP contribution in [0.4, 0.5) is 0 Å². The number of benzene rings is 1. The van der Waals surface area contributed by atoms with E-state index in [4.69, 9.17) is 5.26 Å². The summed E-state index contributed by atoms with van der Waals surface area (Å²) < 4.78 is 0. The number of fused-ring (bicyclic) bond motifs is 1. The third kappa shape index (κ3) is 1.09. The number of rotatable bonds is 1. The molecule has 0 saturated heterocycles. The van der Waals surface area contributed by atoms with Gasteiger partial charge in [-0.25, -0.2) is 0 Å². The maximum absolute atomic E-state index is 10.6. The fraction of sp³-hybridized carbons (Fsp3) is 0. The normalized spacial score (nSPS) is 9.77. The number of aldehydes is 1. The molecular formula is C10H6N2O. The van der Waals surface area contributed by atoms with Gasteiger partial charge in [-0.05, 0) is 12.1 Å². The van der Waals surface area contributed by atoms with E-state index in [0.717, 1.165) is 17.2 Å². The zero-order chi connectivity index (χ0) is 9.26. The Labute approximate surface area is 74.6 Å². The van der Waals surface area contributed by atoms with Gasteiger partial charge < -0.3 is 4.98 Å². The Hall–Kier alpha value is -2.08. The minimum absolute atomic E-state index is 0.476. The van der Waals surface area contributed by atoms with E-state index >= 15 is 0 Å².